The van der Waals surface area contributed by atoms with E-state index in [4.69, 9.17) is 20.5 Å². The first kappa shape index (κ1) is 21.9. The lowest BCUT2D eigenvalue weighted by Crippen LogP contribution is -2.24. The summed E-state index contributed by atoms with van der Waals surface area (Å²) in [6, 6.07) is 0. The third-order valence-electron chi connectivity index (χ3n) is 3.63. The Balaban J connectivity index is 3.56. The van der Waals surface area contributed by atoms with E-state index in [-0.39, 0.29) is 0 Å². The van der Waals surface area contributed by atoms with Gasteiger partial charge in [-0.1, -0.05) is 65.2 Å². The number of unbranched alkanes of at least 4 members (excludes halogenated alkanes) is 8. The second-order valence-electron chi connectivity index (χ2n) is 5.92. The first-order chi connectivity index (χ1) is 10.6. The average molecular weight is 335 g/mol. The van der Waals surface area contributed by atoms with Crippen LogP contribution in [0, 0.1) is 0 Å². The van der Waals surface area contributed by atoms with E-state index in [0.29, 0.717) is 12.8 Å². The van der Waals surface area contributed by atoms with Gasteiger partial charge >= 0.3 is 8.25 Å². The maximum atomic E-state index is 11.7. The maximum absolute atomic E-state index is 11.7. The summed E-state index contributed by atoms with van der Waals surface area (Å²) < 4.78 is 22.0. The van der Waals surface area contributed by atoms with E-state index >= 15 is 0 Å². The van der Waals surface area contributed by atoms with E-state index in [1.807, 2.05) is 0 Å². The monoisotopic (exact) mass is 335 g/mol. The van der Waals surface area contributed by atoms with Crippen molar-refractivity contribution in [2.24, 2.45) is 11.5 Å². The molecule has 0 aliphatic rings. The molecule has 0 saturated carbocycles. The van der Waals surface area contributed by atoms with Gasteiger partial charge in [0.05, 0.1) is 0 Å². The molecule has 0 fully saturated rings. The molecule has 2 atom stereocenters. The van der Waals surface area contributed by atoms with Crippen molar-refractivity contribution in [3.05, 3.63) is 0 Å². The Morgan fingerprint density at radius 2 is 1.09 bits per heavy atom. The summed E-state index contributed by atoms with van der Waals surface area (Å²) in [7, 11) is -2.21. The predicted octanol–water partition coefficient (Wildman–Crippen LogP) is 4.97. The molecule has 0 saturated heterocycles. The van der Waals surface area contributed by atoms with Gasteiger partial charge in [0.1, 0.15) is 0 Å². The molecule has 0 heterocycles. The minimum absolute atomic E-state index is 0.526. The van der Waals surface area contributed by atoms with E-state index in [9.17, 15) is 4.57 Å². The van der Waals surface area contributed by atoms with Gasteiger partial charge in [0.15, 0.2) is 12.5 Å². The van der Waals surface area contributed by atoms with Gasteiger partial charge in [-0.05, 0) is 25.7 Å². The molecule has 22 heavy (non-hydrogen) atoms. The molecule has 0 rings (SSSR count). The van der Waals surface area contributed by atoms with Gasteiger partial charge in [-0.3, -0.25) is 0 Å². The van der Waals surface area contributed by atoms with Crippen molar-refractivity contribution in [3.63, 3.8) is 0 Å². The molecule has 6 heteroatoms. The Kier molecular flexibility index (Phi) is 15.8. The summed E-state index contributed by atoms with van der Waals surface area (Å²) in [5.74, 6) is 0. The van der Waals surface area contributed by atoms with Crippen molar-refractivity contribution in [2.75, 3.05) is 0 Å². The molecule has 2 unspecified atom stereocenters. The normalized spacial score (nSPS) is 14.8. The molecular formula is C16H36N2O3P+. The summed E-state index contributed by atoms with van der Waals surface area (Å²) in [4.78, 5) is 0. The van der Waals surface area contributed by atoms with Crippen LogP contribution in [-0.2, 0) is 13.6 Å². The van der Waals surface area contributed by atoms with E-state index in [1.54, 1.807) is 0 Å². The third-order valence-corrected chi connectivity index (χ3v) is 4.51. The first-order valence-corrected chi connectivity index (χ1v) is 10.0. The minimum atomic E-state index is -2.21. The molecule has 0 aromatic carbocycles. The highest BCUT2D eigenvalue weighted by atomic mass is 31.1. The van der Waals surface area contributed by atoms with Gasteiger partial charge in [-0.15, -0.1) is 9.05 Å². The largest absolute Gasteiger partial charge is 0.700 e. The molecule has 0 aliphatic carbocycles. The van der Waals surface area contributed by atoms with E-state index < -0.39 is 20.7 Å². The Labute approximate surface area is 137 Å². The Bertz CT molecular complexity index is 244. The predicted molar refractivity (Wildman–Crippen MR) is 92.5 cm³/mol. The Hall–Kier alpha value is -0.0600. The van der Waals surface area contributed by atoms with Gasteiger partial charge in [-0.25, -0.2) is 0 Å². The zero-order valence-electron chi connectivity index (χ0n) is 14.5. The van der Waals surface area contributed by atoms with Crippen LogP contribution in [0.25, 0.3) is 0 Å². The fourth-order valence-corrected chi connectivity index (χ4v) is 2.95. The molecule has 0 amide bonds. The molecule has 0 aromatic heterocycles. The molecular weight excluding hydrogens is 299 g/mol. The van der Waals surface area contributed by atoms with Crippen LogP contribution in [0.15, 0.2) is 0 Å². The van der Waals surface area contributed by atoms with Crippen LogP contribution in [0.5, 0.6) is 0 Å². The van der Waals surface area contributed by atoms with Crippen LogP contribution in [0.2, 0.25) is 0 Å². The number of rotatable bonds is 16. The standard InChI is InChI=1S/C16H36N2O3P/c1-3-5-7-9-11-13-15(17)20-22(19)21-16(18)14-12-10-8-6-4-2/h15-16H,3-14,17-18H2,1-2H3/q+1. The molecule has 0 radical (unpaired) electrons. The lowest BCUT2D eigenvalue weighted by Gasteiger charge is -2.07. The van der Waals surface area contributed by atoms with Crippen LogP contribution < -0.4 is 11.5 Å². The van der Waals surface area contributed by atoms with E-state index in [0.717, 1.165) is 25.7 Å². The van der Waals surface area contributed by atoms with Crippen molar-refractivity contribution in [2.45, 2.75) is 103 Å². The fraction of sp³-hybridized carbons (Fsp3) is 1.00. The lowest BCUT2D eigenvalue weighted by molar-refractivity contribution is 0.123. The third kappa shape index (κ3) is 14.9. The van der Waals surface area contributed by atoms with Crippen LogP contribution in [-0.4, -0.2) is 12.5 Å². The minimum Gasteiger partial charge on any atom is -0.302 e. The van der Waals surface area contributed by atoms with Gasteiger partial charge in [0, 0.05) is 4.57 Å². The van der Waals surface area contributed by atoms with Crippen LogP contribution in [0.4, 0.5) is 0 Å². The van der Waals surface area contributed by atoms with Gasteiger partial charge in [-0.2, -0.15) is 0 Å². The Morgan fingerprint density at radius 3 is 1.45 bits per heavy atom. The summed E-state index contributed by atoms with van der Waals surface area (Å²) in [6.07, 6.45) is 12.0. The maximum Gasteiger partial charge on any atom is 0.700 e. The van der Waals surface area contributed by atoms with Crippen molar-refractivity contribution >= 4 is 8.25 Å². The zero-order valence-corrected chi connectivity index (χ0v) is 15.4. The molecule has 0 aliphatic heterocycles. The smallest absolute Gasteiger partial charge is 0.302 e. The van der Waals surface area contributed by atoms with Crippen LogP contribution in [0.3, 0.4) is 0 Å². The van der Waals surface area contributed by atoms with Gasteiger partial charge < -0.3 is 11.5 Å². The second-order valence-corrected chi connectivity index (χ2v) is 6.79. The highest BCUT2D eigenvalue weighted by Gasteiger charge is 2.28. The van der Waals surface area contributed by atoms with Gasteiger partial charge in [0.2, 0.25) is 0 Å². The average Bonchev–Trinajstić information content (AvgIpc) is 2.46. The summed E-state index contributed by atoms with van der Waals surface area (Å²) in [5, 5.41) is 0. The summed E-state index contributed by atoms with van der Waals surface area (Å²) in [6.45, 7) is 4.37. The summed E-state index contributed by atoms with van der Waals surface area (Å²) >= 11 is 0. The first-order valence-electron chi connectivity index (χ1n) is 8.92. The molecule has 132 valence electrons. The lowest BCUT2D eigenvalue weighted by atomic mass is 10.1. The van der Waals surface area contributed by atoms with Crippen molar-refractivity contribution in [1.29, 1.82) is 0 Å². The van der Waals surface area contributed by atoms with Crippen LogP contribution >= 0.6 is 8.25 Å². The highest BCUT2D eigenvalue weighted by Crippen LogP contribution is 2.28. The van der Waals surface area contributed by atoms with E-state index in [2.05, 4.69) is 13.8 Å². The van der Waals surface area contributed by atoms with Crippen molar-refractivity contribution in [1.82, 2.24) is 0 Å². The molecule has 0 bridgehead atoms. The van der Waals surface area contributed by atoms with Gasteiger partial charge in [0.25, 0.3) is 0 Å². The van der Waals surface area contributed by atoms with Crippen molar-refractivity contribution in [3.8, 4) is 0 Å². The van der Waals surface area contributed by atoms with Crippen molar-refractivity contribution < 1.29 is 13.6 Å². The van der Waals surface area contributed by atoms with Crippen LogP contribution in [0.1, 0.15) is 90.9 Å². The number of hydrogen-bond donors (Lipinski definition) is 2. The number of hydrogen-bond acceptors (Lipinski definition) is 5. The SMILES string of the molecule is CCCCCCCC(N)O[P+](=O)OC(N)CCCCCCC. The quantitative estimate of drug-likeness (QED) is 0.236. The zero-order chi connectivity index (χ0) is 16.6. The molecule has 4 N–H and O–H groups in total. The summed E-state index contributed by atoms with van der Waals surface area (Å²) in [5.41, 5.74) is 11.6. The second kappa shape index (κ2) is 15.8. The molecule has 0 spiro atoms. The Morgan fingerprint density at radius 1 is 0.727 bits per heavy atom. The number of nitrogens with two attached hydrogens (primary N) is 2. The topological polar surface area (TPSA) is 87.6 Å². The molecule has 5 nitrogen and oxygen atoms in total. The highest BCUT2D eigenvalue weighted by molar-refractivity contribution is 7.33. The molecule has 0 aromatic rings. The fourth-order valence-electron chi connectivity index (χ4n) is 2.25. The van der Waals surface area contributed by atoms with E-state index in [1.165, 1.54) is 38.5 Å².